The number of likely N-dealkylation sites (N-methyl/N-ethyl adjacent to an activating group) is 1. The summed E-state index contributed by atoms with van der Waals surface area (Å²) in [6, 6.07) is 18.6. The number of rotatable bonds is 9. The van der Waals surface area contributed by atoms with Crippen LogP contribution in [0.4, 0.5) is 13.2 Å². The molecule has 0 bridgehead atoms. The first kappa shape index (κ1) is 24.3. The third kappa shape index (κ3) is 6.32. The van der Waals surface area contributed by atoms with Crippen molar-refractivity contribution in [3.8, 4) is 5.75 Å². The Morgan fingerprint density at radius 1 is 0.970 bits per heavy atom. The van der Waals surface area contributed by atoms with Gasteiger partial charge in [-0.25, -0.2) is 0 Å². The van der Waals surface area contributed by atoms with E-state index in [4.69, 9.17) is 4.74 Å². The summed E-state index contributed by atoms with van der Waals surface area (Å²) in [4.78, 5) is 16.1. The third-order valence-corrected chi connectivity index (χ3v) is 5.42. The lowest BCUT2D eigenvalue weighted by Gasteiger charge is -2.22. The summed E-state index contributed by atoms with van der Waals surface area (Å²) in [7, 11) is 3.15. The average molecular weight is 457 g/mol. The summed E-state index contributed by atoms with van der Waals surface area (Å²) in [6.45, 7) is 0.449. The second-order valence-electron chi connectivity index (χ2n) is 7.50. The highest BCUT2D eigenvalue weighted by Gasteiger charge is 2.32. The third-order valence-electron chi connectivity index (χ3n) is 5.42. The number of ether oxygens (including phenoxy) is 1. The van der Waals surface area contributed by atoms with Gasteiger partial charge in [-0.1, -0.05) is 48.5 Å². The van der Waals surface area contributed by atoms with Gasteiger partial charge < -0.3 is 15.4 Å². The van der Waals surface area contributed by atoms with E-state index in [0.717, 1.165) is 17.2 Å². The Morgan fingerprint density at radius 3 is 2.18 bits per heavy atom. The first-order chi connectivity index (χ1) is 15.8. The maximum absolute atomic E-state index is 13.0. The number of nitrogens with zero attached hydrogens (tertiary/aromatic N) is 1. The van der Waals surface area contributed by atoms with E-state index in [9.17, 15) is 18.0 Å². The number of hydrogen-bond donors (Lipinski definition) is 2. The molecule has 0 fully saturated rings. The highest BCUT2D eigenvalue weighted by Crippen LogP contribution is 2.32. The molecular weight excluding hydrogens is 431 g/mol. The molecule has 0 saturated carbocycles. The van der Waals surface area contributed by atoms with Gasteiger partial charge in [0.25, 0.3) is 0 Å². The highest BCUT2D eigenvalue weighted by molar-refractivity contribution is 5.82. The number of nitrogens with one attached hydrogen (secondary N) is 2. The minimum Gasteiger partial charge on any atom is -0.497 e. The number of alkyl halides is 3. The smallest absolute Gasteiger partial charge is 0.433 e. The van der Waals surface area contributed by atoms with Gasteiger partial charge in [0.05, 0.1) is 7.11 Å². The van der Waals surface area contributed by atoms with Crippen molar-refractivity contribution >= 4 is 5.91 Å². The summed E-state index contributed by atoms with van der Waals surface area (Å²) in [5.74, 6) is 0.294. The monoisotopic (exact) mass is 457 g/mol. The summed E-state index contributed by atoms with van der Waals surface area (Å²) in [5, 5.41) is 5.94. The minimum absolute atomic E-state index is 0.168. The molecule has 1 amide bonds. The molecular formula is C25H26F3N3O2. The molecule has 0 unspecified atom stereocenters. The van der Waals surface area contributed by atoms with Crippen LogP contribution >= 0.6 is 0 Å². The average Bonchev–Trinajstić information content (AvgIpc) is 2.84. The van der Waals surface area contributed by atoms with E-state index in [0.29, 0.717) is 24.3 Å². The molecule has 8 heteroatoms. The van der Waals surface area contributed by atoms with Crippen molar-refractivity contribution in [3.05, 3.63) is 95.3 Å². The summed E-state index contributed by atoms with van der Waals surface area (Å²) in [6.07, 6.45) is -2.68. The number of halogens is 3. The first-order valence-electron chi connectivity index (χ1n) is 10.5. The molecule has 174 valence electrons. The van der Waals surface area contributed by atoms with Crippen molar-refractivity contribution in [2.24, 2.45) is 0 Å². The van der Waals surface area contributed by atoms with Gasteiger partial charge in [0.15, 0.2) is 0 Å². The van der Waals surface area contributed by atoms with Crippen molar-refractivity contribution in [3.63, 3.8) is 0 Å². The largest absolute Gasteiger partial charge is 0.497 e. The Kier molecular flexibility index (Phi) is 8.06. The van der Waals surface area contributed by atoms with Crippen molar-refractivity contribution in [2.75, 3.05) is 20.7 Å². The molecule has 0 radical (unpaired) electrons. The zero-order chi connectivity index (χ0) is 23.8. The first-order valence-corrected chi connectivity index (χ1v) is 10.5. The highest BCUT2D eigenvalue weighted by atomic mass is 19.4. The quantitative estimate of drug-likeness (QED) is 0.489. The van der Waals surface area contributed by atoms with E-state index >= 15 is 0 Å². The fourth-order valence-electron chi connectivity index (χ4n) is 3.66. The molecule has 2 aromatic carbocycles. The van der Waals surface area contributed by atoms with Gasteiger partial charge in [0.2, 0.25) is 5.91 Å². The molecule has 0 aliphatic carbocycles. The maximum Gasteiger partial charge on any atom is 0.433 e. The van der Waals surface area contributed by atoms with Crippen molar-refractivity contribution in [2.45, 2.75) is 24.6 Å². The molecule has 0 saturated heterocycles. The van der Waals surface area contributed by atoms with Gasteiger partial charge in [-0.05, 0) is 47.9 Å². The Bertz CT molecular complexity index is 1020. The maximum atomic E-state index is 13.0. The van der Waals surface area contributed by atoms with E-state index < -0.39 is 17.9 Å². The molecule has 2 N–H and O–H groups in total. The number of hydrogen-bond acceptors (Lipinski definition) is 4. The van der Waals surface area contributed by atoms with Gasteiger partial charge in [-0.15, -0.1) is 0 Å². The number of benzene rings is 2. The zero-order valence-corrected chi connectivity index (χ0v) is 18.4. The van der Waals surface area contributed by atoms with E-state index in [1.165, 1.54) is 12.3 Å². The SMILES string of the molecule is CNC(=O)[C@@H](NCC[C@@H](c1ccc(OC)cc1)c1ccc(C(F)(F)F)nc1)c1ccccc1. The molecule has 3 aromatic rings. The van der Waals surface area contributed by atoms with Crippen LogP contribution in [0.15, 0.2) is 72.9 Å². The summed E-state index contributed by atoms with van der Waals surface area (Å²) < 4.78 is 44.1. The fourth-order valence-corrected chi connectivity index (χ4v) is 3.66. The fraction of sp³-hybridized carbons (Fsp3) is 0.280. The summed E-state index contributed by atoms with van der Waals surface area (Å²) in [5.41, 5.74) is 1.47. The van der Waals surface area contributed by atoms with Crippen LogP contribution in [-0.4, -0.2) is 31.6 Å². The molecule has 33 heavy (non-hydrogen) atoms. The number of aromatic nitrogens is 1. The lowest BCUT2D eigenvalue weighted by molar-refractivity contribution is -0.141. The number of methoxy groups -OCH3 is 1. The number of pyridine rings is 1. The second-order valence-corrected chi connectivity index (χ2v) is 7.50. The van der Waals surface area contributed by atoms with Gasteiger partial charge in [0.1, 0.15) is 17.5 Å². The van der Waals surface area contributed by atoms with Gasteiger partial charge >= 0.3 is 6.18 Å². The van der Waals surface area contributed by atoms with E-state index in [2.05, 4.69) is 15.6 Å². The molecule has 0 aliphatic rings. The predicted octanol–water partition coefficient (Wildman–Crippen LogP) is 4.71. The van der Waals surface area contributed by atoms with Gasteiger partial charge in [0, 0.05) is 19.2 Å². The molecule has 1 heterocycles. The van der Waals surface area contributed by atoms with Crippen LogP contribution in [0, 0.1) is 0 Å². The van der Waals surface area contributed by atoms with Crippen molar-refractivity contribution in [1.82, 2.24) is 15.6 Å². The van der Waals surface area contributed by atoms with Crippen LogP contribution < -0.4 is 15.4 Å². The Morgan fingerprint density at radius 2 is 1.64 bits per heavy atom. The number of carbonyl (C=O) groups is 1. The number of carbonyl (C=O) groups excluding carboxylic acids is 1. The van der Waals surface area contributed by atoms with Gasteiger partial charge in [-0.2, -0.15) is 13.2 Å². The van der Waals surface area contributed by atoms with E-state index in [1.807, 2.05) is 54.6 Å². The lowest BCUT2D eigenvalue weighted by atomic mass is 9.89. The van der Waals surface area contributed by atoms with E-state index in [1.54, 1.807) is 14.2 Å². The Labute approximate surface area is 191 Å². The second kappa shape index (κ2) is 11.0. The van der Waals surface area contributed by atoms with Crippen LogP contribution in [0.5, 0.6) is 5.75 Å². The zero-order valence-electron chi connectivity index (χ0n) is 18.4. The van der Waals surface area contributed by atoms with E-state index in [-0.39, 0.29) is 11.8 Å². The van der Waals surface area contributed by atoms with Gasteiger partial charge in [-0.3, -0.25) is 9.78 Å². The molecule has 0 aliphatic heterocycles. The standard InChI is InChI=1S/C25H26F3N3O2/c1-29-24(32)23(18-6-4-3-5-7-18)30-15-14-21(17-8-11-20(33-2)12-9-17)19-10-13-22(31-16-19)25(26,27)28/h3-13,16,21,23,30H,14-15H2,1-2H3,(H,29,32)/t21-,23-/m0/s1. The Hall–Kier alpha value is -3.39. The molecule has 5 nitrogen and oxygen atoms in total. The molecule has 3 rings (SSSR count). The predicted molar refractivity (Wildman–Crippen MR) is 120 cm³/mol. The van der Waals surface area contributed by atoms with Crippen molar-refractivity contribution < 1.29 is 22.7 Å². The molecule has 2 atom stereocenters. The topological polar surface area (TPSA) is 63.2 Å². The Balaban J connectivity index is 1.82. The van der Waals surface area contributed by atoms with Crippen molar-refractivity contribution in [1.29, 1.82) is 0 Å². The van der Waals surface area contributed by atoms with Crippen LogP contribution in [0.1, 0.15) is 40.8 Å². The van der Waals surface area contributed by atoms with Crippen LogP contribution in [-0.2, 0) is 11.0 Å². The van der Waals surface area contributed by atoms with Crippen LogP contribution in [0.25, 0.3) is 0 Å². The lowest BCUT2D eigenvalue weighted by Crippen LogP contribution is -2.36. The molecule has 0 spiro atoms. The molecule has 1 aromatic heterocycles. The van der Waals surface area contributed by atoms with Crippen LogP contribution in [0.2, 0.25) is 0 Å². The normalized spacial score (nSPS) is 13.2. The number of amides is 1. The minimum atomic E-state index is -4.49. The summed E-state index contributed by atoms with van der Waals surface area (Å²) >= 11 is 0. The van der Waals surface area contributed by atoms with Crippen LogP contribution in [0.3, 0.4) is 0 Å².